The second-order valence-corrected chi connectivity index (χ2v) is 9.11. The third-order valence-corrected chi connectivity index (χ3v) is 5.66. The van der Waals surface area contributed by atoms with Crippen molar-refractivity contribution >= 4 is 17.7 Å². The van der Waals surface area contributed by atoms with Gasteiger partial charge in [-0.1, -0.05) is 60.7 Å². The van der Waals surface area contributed by atoms with Crippen molar-refractivity contribution in [1.29, 1.82) is 0 Å². The summed E-state index contributed by atoms with van der Waals surface area (Å²) >= 11 is 0. The van der Waals surface area contributed by atoms with Crippen LogP contribution in [0.2, 0.25) is 0 Å². The molecule has 0 spiro atoms. The van der Waals surface area contributed by atoms with Crippen molar-refractivity contribution in [3.8, 4) is 0 Å². The molecule has 0 aromatic heterocycles. The number of benzene rings is 2. The quantitative estimate of drug-likeness (QED) is 0.527. The second kappa shape index (κ2) is 9.46. The standard InChI is InChI=1S/C26H31NO4/c1-25(2,3)27-23(29)17-11-10-16-22(28)26(27,18-20-12-6-4-7-13-20)24(30)31-19-21-14-8-5-9-15-21/h4-9,12-15H,10-11,16-19H2,1-3H3/t26-/m1/s1. The van der Waals surface area contributed by atoms with Gasteiger partial charge < -0.3 is 9.64 Å². The molecular formula is C26H31NO4. The summed E-state index contributed by atoms with van der Waals surface area (Å²) in [6.07, 6.45) is 1.88. The Morgan fingerprint density at radius 2 is 1.45 bits per heavy atom. The minimum atomic E-state index is -1.69. The fourth-order valence-electron chi connectivity index (χ4n) is 4.35. The third kappa shape index (κ3) is 5.04. The molecule has 2 aromatic carbocycles. The van der Waals surface area contributed by atoms with E-state index in [9.17, 15) is 14.4 Å². The summed E-state index contributed by atoms with van der Waals surface area (Å²) < 4.78 is 5.73. The van der Waals surface area contributed by atoms with Crippen molar-refractivity contribution in [3.63, 3.8) is 0 Å². The number of carbonyl (C=O) groups excluding carboxylic acids is 3. The van der Waals surface area contributed by atoms with Crippen LogP contribution in [0.25, 0.3) is 0 Å². The van der Waals surface area contributed by atoms with E-state index in [-0.39, 0.29) is 31.1 Å². The third-order valence-electron chi connectivity index (χ3n) is 5.66. The van der Waals surface area contributed by atoms with Crippen molar-refractivity contribution in [1.82, 2.24) is 4.90 Å². The number of ether oxygens (including phenoxy) is 1. The highest BCUT2D eigenvalue weighted by Crippen LogP contribution is 2.35. The molecule has 1 saturated heterocycles. The Bertz CT molecular complexity index is 917. The van der Waals surface area contributed by atoms with Crippen LogP contribution in [0, 0.1) is 0 Å². The van der Waals surface area contributed by atoms with E-state index in [2.05, 4.69) is 0 Å². The van der Waals surface area contributed by atoms with Crippen LogP contribution in [0.1, 0.15) is 57.6 Å². The molecule has 31 heavy (non-hydrogen) atoms. The molecule has 164 valence electrons. The maximum absolute atomic E-state index is 13.7. The molecule has 1 aliphatic rings. The Hall–Kier alpha value is -2.95. The number of rotatable bonds is 5. The Morgan fingerprint density at radius 3 is 2.03 bits per heavy atom. The lowest BCUT2D eigenvalue weighted by molar-refractivity contribution is -0.176. The molecular weight excluding hydrogens is 390 g/mol. The molecule has 5 heteroatoms. The summed E-state index contributed by atoms with van der Waals surface area (Å²) in [6.45, 7) is 5.65. The number of hydrogen-bond donors (Lipinski definition) is 0. The number of nitrogens with zero attached hydrogens (tertiary/aromatic N) is 1. The Balaban J connectivity index is 2.09. The van der Waals surface area contributed by atoms with Crippen molar-refractivity contribution in [2.24, 2.45) is 0 Å². The van der Waals surface area contributed by atoms with Gasteiger partial charge in [0.25, 0.3) is 0 Å². The Labute approximate surface area is 184 Å². The number of esters is 1. The lowest BCUT2D eigenvalue weighted by Crippen LogP contribution is -2.69. The van der Waals surface area contributed by atoms with Gasteiger partial charge in [0.05, 0.1) is 0 Å². The van der Waals surface area contributed by atoms with E-state index in [4.69, 9.17) is 4.74 Å². The Morgan fingerprint density at radius 1 is 0.903 bits per heavy atom. The highest BCUT2D eigenvalue weighted by atomic mass is 16.5. The van der Waals surface area contributed by atoms with Crippen LogP contribution in [0.3, 0.4) is 0 Å². The van der Waals surface area contributed by atoms with E-state index in [1.165, 1.54) is 4.90 Å². The average Bonchev–Trinajstić information content (AvgIpc) is 2.74. The van der Waals surface area contributed by atoms with Crippen LogP contribution in [0.4, 0.5) is 0 Å². The number of Topliss-reactive ketones (excluding diaryl/α,β-unsaturated/α-hetero) is 1. The molecule has 0 saturated carbocycles. The monoisotopic (exact) mass is 421 g/mol. The predicted octanol–water partition coefficient (Wildman–Crippen LogP) is 4.48. The van der Waals surface area contributed by atoms with Crippen LogP contribution in [-0.4, -0.2) is 33.6 Å². The number of amides is 1. The van der Waals surface area contributed by atoms with E-state index in [1.807, 2.05) is 81.4 Å². The zero-order valence-corrected chi connectivity index (χ0v) is 18.6. The number of ketones is 1. The van der Waals surface area contributed by atoms with Gasteiger partial charge >= 0.3 is 5.97 Å². The molecule has 1 fully saturated rings. The van der Waals surface area contributed by atoms with Crippen molar-refractivity contribution < 1.29 is 19.1 Å². The van der Waals surface area contributed by atoms with Gasteiger partial charge in [-0.25, -0.2) is 4.79 Å². The molecule has 2 aromatic rings. The molecule has 1 aliphatic heterocycles. The van der Waals surface area contributed by atoms with Gasteiger partial charge in [-0.2, -0.15) is 0 Å². The van der Waals surface area contributed by atoms with Gasteiger partial charge in [-0.05, 0) is 44.7 Å². The summed E-state index contributed by atoms with van der Waals surface area (Å²) in [6, 6.07) is 18.7. The summed E-state index contributed by atoms with van der Waals surface area (Å²) in [7, 11) is 0. The highest BCUT2D eigenvalue weighted by molar-refractivity contribution is 6.11. The first-order chi connectivity index (χ1) is 14.7. The molecule has 0 radical (unpaired) electrons. The summed E-state index contributed by atoms with van der Waals surface area (Å²) in [5.74, 6) is -1.10. The minimum absolute atomic E-state index is 0.0513. The van der Waals surface area contributed by atoms with E-state index < -0.39 is 17.0 Å². The topological polar surface area (TPSA) is 63.7 Å². The van der Waals surface area contributed by atoms with E-state index >= 15 is 0 Å². The summed E-state index contributed by atoms with van der Waals surface area (Å²) in [4.78, 5) is 42.2. The number of likely N-dealkylation sites (tertiary alicyclic amines) is 1. The Kier molecular flexibility index (Phi) is 6.94. The van der Waals surface area contributed by atoms with Crippen LogP contribution >= 0.6 is 0 Å². The molecule has 0 aliphatic carbocycles. The number of carbonyl (C=O) groups is 3. The lowest BCUT2D eigenvalue weighted by atomic mass is 9.78. The predicted molar refractivity (Wildman–Crippen MR) is 119 cm³/mol. The van der Waals surface area contributed by atoms with Gasteiger partial charge in [-0.15, -0.1) is 0 Å². The minimum Gasteiger partial charge on any atom is -0.459 e. The van der Waals surface area contributed by atoms with E-state index in [1.54, 1.807) is 0 Å². The van der Waals surface area contributed by atoms with E-state index in [0.717, 1.165) is 11.1 Å². The molecule has 0 N–H and O–H groups in total. The van der Waals surface area contributed by atoms with Gasteiger partial charge in [0.15, 0.2) is 5.78 Å². The molecule has 1 heterocycles. The first kappa shape index (κ1) is 22.7. The first-order valence-electron chi connectivity index (χ1n) is 10.9. The van der Waals surface area contributed by atoms with Gasteiger partial charge in [-0.3, -0.25) is 9.59 Å². The fourth-order valence-corrected chi connectivity index (χ4v) is 4.35. The van der Waals surface area contributed by atoms with Crippen LogP contribution in [0.5, 0.6) is 0 Å². The smallest absolute Gasteiger partial charge is 0.340 e. The second-order valence-electron chi connectivity index (χ2n) is 9.11. The van der Waals surface area contributed by atoms with Gasteiger partial charge in [0, 0.05) is 24.8 Å². The van der Waals surface area contributed by atoms with E-state index in [0.29, 0.717) is 19.3 Å². The lowest BCUT2D eigenvalue weighted by Gasteiger charge is -2.49. The maximum Gasteiger partial charge on any atom is 0.340 e. The van der Waals surface area contributed by atoms with Crippen LogP contribution < -0.4 is 0 Å². The first-order valence-corrected chi connectivity index (χ1v) is 10.9. The molecule has 5 nitrogen and oxygen atoms in total. The fraction of sp³-hybridized carbons (Fsp3) is 0.423. The average molecular weight is 422 g/mol. The molecule has 0 bridgehead atoms. The number of hydrogen-bond acceptors (Lipinski definition) is 4. The molecule has 1 atom stereocenters. The largest absolute Gasteiger partial charge is 0.459 e. The molecule has 1 amide bonds. The SMILES string of the molecule is CC(C)(C)N1C(=O)CCCCC(=O)[C@]1(Cc1ccccc1)C(=O)OCc1ccccc1. The highest BCUT2D eigenvalue weighted by Gasteiger charge is 2.57. The normalized spacial score (nSPS) is 20.2. The summed E-state index contributed by atoms with van der Waals surface area (Å²) in [5.41, 5.74) is -0.774. The maximum atomic E-state index is 13.7. The van der Waals surface area contributed by atoms with Gasteiger partial charge in [0.2, 0.25) is 11.4 Å². The van der Waals surface area contributed by atoms with Crippen molar-refractivity contribution in [2.45, 2.75) is 70.6 Å². The zero-order chi connectivity index (χ0) is 22.5. The van der Waals surface area contributed by atoms with Crippen LogP contribution in [0.15, 0.2) is 60.7 Å². The van der Waals surface area contributed by atoms with Gasteiger partial charge in [0.1, 0.15) is 6.61 Å². The zero-order valence-electron chi connectivity index (χ0n) is 18.6. The van der Waals surface area contributed by atoms with Crippen molar-refractivity contribution in [3.05, 3.63) is 71.8 Å². The van der Waals surface area contributed by atoms with Crippen molar-refractivity contribution in [2.75, 3.05) is 0 Å². The molecule has 0 unspecified atom stereocenters. The summed E-state index contributed by atoms with van der Waals surface area (Å²) in [5, 5.41) is 0. The van der Waals surface area contributed by atoms with Crippen LogP contribution in [-0.2, 0) is 32.1 Å². The molecule has 3 rings (SSSR count).